The highest BCUT2D eigenvalue weighted by atomic mass is 16.2. The van der Waals surface area contributed by atoms with Gasteiger partial charge in [0.2, 0.25) is 5.91 Å². The van der Waals surface area contributed by atoms with Gasteiger partial charge in [0, 0.05) is 5.69 Å². The van der Waals surface area contributed by atoms with Crippen LogP contribution in [0, 0.1) is 0 Å². The fourth-order valence-corrected chi connectivity index (χ4v) is 3.31. The van der Waals surface area contributed by atoms with Crippen molar-refractivity contribution in [3.63, 3.8) is 0 Å². The average molecular weight is 308 g/mol. The Hall–Kier alpha value is -2.29. The summed E-state index contributed by atoms with van der Waals surface area (Å²) in [7, 11) is 0. The summed E-state index contributed by atoms with van der Waals surface area (Å²) >= 11 is 0. The maximum absolute atomic E-state index is 12.9. The molecule has 3 rings (SSSR count). The average Bonchev–Trinajstić information content (AvgIpc) is 2.55. The van der Waals surface area contributed by atoms with Gasteiger partial charge in [-0.3, -0.25) is 4.79 Å². The number of benzene rings is 2. The molecule has 23 heavy (non-hydrogen) atoms. The topological polar surface area (TPSA) is 55.1 Å². The van der Waals surface area contributed by atoms with Crippen LogP contribution in [0.5, 0.6) is 0 Å². The standard InChI is InChI=1S/C20H24N2O/c1-20(2,15-8-4-3-5-9-15)19(23)22-18-10-6-7-14-13-16(21)11-12-17(14)18/h3-5,8-9,11-13,18H,6-7,10,21H2,1-2H3,(H,22,23). The molecule has 1 amide bonds. The number of carbonyl (C=O) groups is 1. The number of aryl methyl sites for hydroxylation is 1. The maximum Gasteiger partial charge on any atom is 0.230 e. The van der Waals surface area contributed by atoms with E-state index in [9.17, 15) is 4.79 Å². The molecule has 2 aromatic rings. The Morgan fingerprint density at radius 1 is 1.17 bits per heavy atom. The van der Waals surface area contributed by atoms with E-state index >= 15 is 0 Å². The molecule has 3 nitrogen and oxygen atoms in total. The number of fused-ring (bicyclic) bond motifs is 1. The molecule has 0 bridgehead atoms. The van der Waals surface area contributed by atoms with Crippen LogP contribution in [0.15, 0.2) is 48.5 Å². The summed E-state index contributed by atoms with van der Waals surface area (Å²) in [5.41, 5.74) is 9.64. The summed E-state index contributed by atoms with van der Waals surface area (Å²) in [5.74, 6) is 0.0679. The minimum Gasteiger partial charge on any atom is -0.399 e. The molecule has 0 saturated heterocycles. The lowest BCUT2D eigenvalue weighted by molar-refractivity contribution is -0.126. The molecule has 120 valence electrons. The second kappa shape index (κ2) is 6.07. The van der Waals surface area contributed by atoms with E-state index in [2.05, 4.69) is 11.4 Å². The summed E-state index contributed by atoms with van der Waals surface area (Å²) < 4.78 is 0. The fraction of sp³-hybridized carbons (Fsp3) is 0.350. The first-order chi connectivity index (χ1) is 11.0. The fourth-order valence-electron chi connectivity index (χ4n) is 3.31. The summed E-state index contributed by atoms with van der Waals surface area (Å²) in [6, 6.07) is 16.0. The molecule has 0 spiro atoms. The number of rotatable bonds is 3. The number of amides is 1. The highest BCUT2D eigenvalue weighted by molar-refractivity contribution is 5.87. The Kier molecular flexibility index (Phi) is 4.12. The lowest BCUT2D eigenvalue weighted by Crippen LogP contribution is -2.42. The van der Waals surface area contributed by atoms with Gasteiger partial charge in [-0.05, 0) is 61.9 Å². The van der Waals surface area contributed by atoms with Gasteiger partial charge in [0.05, 0.1) is 11.5 Å². The third kappa shape index (κ3) is 3.09. The highest BCUT2D eigenvalue weighted by Crippen LogP contribution is 2.32. The van der Waals surface area contributed by atoms with Crippen molar-refractivity contribution in [3.05, 3.63) is 65.2 Å². The molecular formula is C20H24N2O. The van der Waals surface area contributed by atoms with Crippen molar-refractivity contribution in [3.8, 4) is 0 Å². The normalized spacial score (nSPS) is 17.4. The van der Waals surface area contributed by atoms with Gasteiger partial charge in [0.15, 0.2) is 0 Å². The van der Waals surface area contributed by atoms with Crippen LogP contribution in [0.25, 0.3) is 0 Å². The van der Waals surface area contributed by atoms with Crippen molar-refractivity contribution in [1.29, 1.82) is 0 Å². The largest absolute Gasteiger partial charge is 0.399 e. The summed E-state index contributed by atoms with van der Waals surface area (Å²) in [5, 5.41) is 3.25. The van der Waals surface area contributed by atoms with Crippen LogP contribution < -0.4 is 11.1 Å². The van der Waals surface area contributed by atoms with Gasteiger partial charge >= 0.3 is 0 Å². The number of nitrogens with one attached hydrogen (secondary N) is 1. The zero-order valence-corrected chi connectivity index (χ0v) is 13.8. The van der Waals surface area contributed by atoms with Gasteiger partial charge in [0.1, 0.15) is 0 Å². The van der Waals surface area contributed by atoms with E-state index in [1.54, 1.807) is 0 Å². The zero-order chi connectivity index (χ0) is 16.4. The van der Waals surface area contributed by atoms with Crippen LogP contribution in [-0.2, 0) is 16.6 Å². The summed E-state index contributed by atoms with van der Waals surface area (Å²) in [6.45, 7) is 3.95. The molecule has 1 unspecified atom stereocenters. The van der Waals surface area contributed by atoms with Gasteiger partial charge in [-0.1, -0.05) is 36.4 Å². The number of nitrogens with two attached hydrogens (primary N) is 1. The molecule has 3 N–H and O–H groups in total. The van der Waals surface area contributed by atoms with Crippen LogP contribution in [0.2, 0.25) is 0 Å². The zero-order valence-electron chi connectivity index (χ0n) is 13.8. The van der Waals surface area contributed by atoms with Gasteiger partial charge in [-0.2, -0.15) is 0 Å². The number of carbonyl (C=O) groups excluding carboxylic acids is 1. The van der Waals surface area contributed by atoms with E-state index in [1.165, 1.54) is 11.1 Å². The molecule has 1 aliphatic rings. The molecule has 0 fully saturated rings. The third-order valence-electron chi connectivity index (χ3n) is 4.85. The Morgan fingerprint density at radius 2 is 1.91 bits per heavy atom. The summed E-state index contributed by atoms with van der Waals surface area (Å²) in [6.07, 6.45) is 3.09. The maximum atomic E-state index is 12.9. The second-order valence-corrected chi connectivity index (χ2v) is 6.87. The predicted molar refractivity (Wildman–Crippen MR) is 94.1 cm³/mol. The van der Waals surface area contributed by atoms with E-state index in [-0.39, 0.29) is 11.9 Å². The van der Waals surface area contributed by atoms with Crippen LogP contribution in [-0.4, -0.2) is 5.91 Å². The molecule has 1 atom stereocenters. The van der Waals surface area contributed by atoms with Crippen LogP contribution in [0.1, 0.15) is 49.4 Å². The Bertz CT molecular complexity index is 707. The molecule has 0 radical (unpaired) electrons. The van der Waals surface area contributed by atoms with Crippen molar-refractivity contribution in [2.24, 2.45) is 0 Å². The first-order valence-electron chi connectivity index (χ1n) is 8.23. The molecule has 3 heteroatoms. The van der Waals surface area contributed by atoms with Gasteiger partial charge in [-0.15, -0.1) is 0 Å². The first-order valence-corrected chi connectivity index (χ1v) is 8.23. The van der Waals surface area contributed by atoms with E-state index in [4.69, 9.17) is 5.73 Å². The minimum absolute atomic E-state index is 0.0679. The Labute approximate surface area is 137 Å². The van der Waals surface area contributed by atoms with E-state index in [1.807, 2.05) is 56.3 Å². The molecule has 2 aromatic carbocycles. The van der Waals surface area contributed by atoms with Crippen molar-refractivity contribution in [2.45, 2.75) is 44.6 Å². The van der Waals surface area contributed by atoms with Crippen LogP contribution >= 0.6 is 0 Å². The van der Waals surface area contributed by atoms with Gasteiger partial charge in [-0.25, -0.2) is 0 Å². The Balaban J connectivity index is 1.82. The predicted octanol–water partition coefficient (Wildman–Crippen LogP) is 3.74. The molecule has 0 heterocycles. The SMILES string of the molecule is CC(C)(C(=O)NC1CCCc2cc(N)ccc21)c1ccccc1. The molecule has 0 saturated carbocycles. The van der Waals surface area contributed by atoms with Crippen molar-refractivity contribution >= 4 is 11.6 Å². The number of nitrogen functional groups attached to an aromatic ring is 1. The molecule has 1 aliphatic carbocycles. The smallest absolute Gasteiger partial charge is 0.230 e. The lowest BCUT2D eigenvalue weighted by Gasteiger charge is -2.31. The Morgan fingerprint density at radius 3 is 2.65 bits per heavy atom. The first kappa shape index (κ1) is 15.6. The third-order valence-corrected chi connectivity index (χ3v) is 4.85. The molecule has 0 aromatic heterocycles. The van der Waals surface area contributed by atoms with E-state index < -0.39 is 5.41 Å². The monoisotopic (exact) mass is 308 g/mol. The summed E-state index contributed by atoms with van der Waals surface area (Å²) in [4.78, 5) is 12.9. The molecule has 0 aliphatic heterocycles. The molecular weight excluding hydrogens is 284 g/mol. The quantitative estimate of drug-likeness (QED) is 0.849. The van der Waals surface area contributed by atoms with Crippen LogP contribution in [0.4, 0.5) is 5.69 Å². The second-order valence-electron chi connectivity index (χ2n) is 6.87. The van der Waals surface area contributed by atoms with Crippen LogP contribution in [0.3, 0.4) is 0 Å². The van der Waals surface area contributed by atoms with Gasteiger partial charge < -0.3 is 11.1 Å². The van der Waals surface area contributed by atoms with E-state index in [0.29, 0.717) is 0 Å². The van der Waals surface area contributed by atoms with Crippen molar-refractivity contribution < 1.29 is 4.79 Å². The van der Waals surface area contributed by atoms with Crippen molar-refractivity contribution in [2.75, 3.05) is 5.73 Å². The van der Waals surface area contributed by atoms with E-state index in [0.717, 1.165) is 30.5 Å². The number of hydrogen-bond donors (Lipinski definition) is 2. The number of anilines is 1. The lowest BCUT2D eigenvalue weighted by atomic mass is 9.82. The highest BCUT2D eigenvalue weighted by Gasteiger charge is 2.32. The number of hydrogen-bond acceptors (Lipinski definition) is 2. The van der Waals surface area contributed by atoms with Crippen molar-refractivity contribution in [1.82, 2.24) is 5.32 Å². The van der Waals surface area contributed by atoms with Gasteiger partial charge in [0.25, 0.3) is 0 Å². The minimum atomic E-state index is -0.549.